The SMILES string of the molecule is Cc1cc(C)c(-c2ccc(C)c(C3=C(O)[C@H]4CC[C@H](C4)C3=O)c2)c(C)c1. The number of carbonyl (C=O) groups is 1. The average Bonchev–Trinajstić information content (AvgIpc) is 3.02. The van der Waals surface area contributed by atoms with Crippen LogP contribution in [0.1, 0.15) is 47.1 Å². The summed E-state index contributed by atoms with van der Waals surface area (Å²) in [6.45, 7) is 8.41. The molecule has 0 radical (unpaired) electrons. The Kier molecular flexibility index (Phi) is 4.02. The second-order valence-corrected chi connectivity index (χ2v) is 8.13. The Bertz CT molecular complexity index is 926. The molecule has 1 saturated carbocycles. The fraction of sp³-hybridized carbons (Fsp3) is 0.375. The van der Waals surface area contributed by atoms with Crippen molar-refractivity contribution in [1.29, 1.82) is 0 Å². The number of ketones is 1. The summed E-state index contributed by atoms with van der Waals surface area (Å²) >= 11 is 0. The zero-order valence-electron chi connectivity index (χ0n) is 16.0. The number of aliphatic hydroxyl groups is 1. The minimum absolute atomic E-state index is 0.0943. The number of Topliss-reactive ketones (excluding diaryl/α,β-unsaturated/α-hetero) is 1. The molecule has 0 saturated heterocycles. The summed E-state index contributed by atoms with van der Waals surface area (Å²) in [7, 11) is 0. The van der Waals surface area contributed by atoms with Crippen molar-refractivity contribution in [3.63, 3.8) is 0 Å². The summed E-state index contributed by atoms with van der Waals surface area (Å²) in [4.78, 5) is 13.0. The topological polar surface area (TPSA) is 37.3 Å². The molecule has 1 fully saturated rings. The Morgan fingerprint density at radius 2 is 1.54 bits per heavy atom. The molecule has 2 aromatic carbocycles. The lowest BCUT2D eigenvalue weighted by molar-refractivity contribution is -0.117. The van der Waals surface area contributed by atoms with Gasteiger partial charge in [-0.1, -0.05) is 29.8 Å². The van der Waals surface area contributed by atoms with Gasteiger partial charge in [0.2, 0.25) is 0 Å². The fourth-order valence-corrected chi connectivity index (χ4v) is 4.96. The Morgan fingerprint density at radius 1 is 0.885 bits per heavy atom. The summed E-state index contributed by atoms with van der Waals surface area (Å²) in [5.74, 6) is 0.714. The van der Waals surface area contributed by atoms with Crippen LogP contribution in [-0.2, 0) is 4.79 Å². The Balaban J connectivity index is 1.89. The summed E-state index contributed by atoms with van der Waals surface area (Å²) in [5.41, 5.74) is 8.61. The zero-order valence-corrected chi connectivity index (χ0v) is 16.0. The quantitative estimate of drug-likeness (QED) is 0.740. The van der Waals surface area contributed by atoms with Crippen molar-refractivity contribution in [2.24, 2.45) is 11.8 Å². The summed E-state index contributed by atoms with van der Waals surface area (Å²) in [6.07, 6.45) is 2.66. The van der Waals surface area contributed by atoms with Crippen molar-refractivity contribution >= 4 is 11.4 Å². The van der Waals surface area contributed by atoms with Crippen molar-refractivity contribution in [1.82, 2.24) is 0 Å². The van der Waals surface area contributed by atoms with Gasteiger partial charge < -0.3 is 5.11 Å². The van der Waals surface area contributed by atoms with Gasteiger partial charge >= 0.3 is 0 Å². The second kappa shape index (κ2) is 6.12. The molecule has 2 nitrogen and oxygen atoms in total. The number of aryl methyl sites for hydroxylation is 4. The van der Waals surface area contributed by atoms with Crippen molar-refractivity contribution in [2.45, 2.75) is 47.0 Å². The van der Waals surface area contributed by atoms with E-state index in [0.717, 1.165) is 36.0 Å². The number of rotatable bonds is 2. The first kappa shape index (κ1) is 17.1. The molecule has 2 aliphatic rings. The van der Waals surface area contributed by atoms with Crippen molar-refractivity contribution < 1.29 is 9.90 Å². The molecule has 0 aliphatic heterocycles. The first-order valence-corrected chi connectivity index (χ1v) is 9.53. The maximum Gasteiger partial charge on any atom is 0.169 e. The second-order valence-electron chi connectivity index (χ2n) is 8.13. The molecule has 4 rings (SSSR count). The minimum Gasteiger partial charge on any atom is -0.511 e. The standard InChI is InChI=1S/C24H26O2/c1-13-9-15(3)21(16(4)10-13)17-6-5-14(2)20(12-17)22-23(25)18-7-8-19(11-18)24(22)26/h5-6,9-10,12,18-19,25H,7-8,11H2,1-4H3/t18-,19+/m0/s1. The highest BCUT2D eigenvalue weighted by atomic mass is 16.3. The molecular weight excluding hydrogens is 320 g/mol. The van der Waals surface area contributed by atoms with E-state index in [4.69, 9.17) is 0 Å². The fourth-order valence-electron chi connectivity index (χ4n) is 4.96. The first-order valence-electron chi connectivity index (χ1n) is 9.53. The van der Waals surface area contributed by atoms with Crippen LogP contribution >= 0.6 is 0 Å². The van der Waals surface area contributed by atoms with Crippen LogP contribution < -0.4 is 0 Å². The molecule has 0 unspecified atom stereocenters. The molecule has 0 amide bonds. The van der Waals surface area contributed by atoms with Crippen molar-refractivity contribution in [2.75, 3.05) is 0 Å². The van der Waals surface area contributed by atoms with E-state index < -0.39 is 0 Å². The molecule has 2 atom stereocenters. The van der Waals surface area contributed by atoms with E-state index in [9.17, 15) is 9.90 Å². The molecule has 0 spiro atoms. The highest BCUT2D eigenvalue weighted by molar-refractivity contribution is 6.23. The van der Waals surface area contributed by atoms with Crippen molar-refractivity contribution in [3.05, 3.63) is 63.9 Å². The lowest BCUT2D eigenvalue weighted by Gasteiger charge is -2.23. The van der Waals surface area contributed by atoms with Gasteiger partial charge in [0.25, 0.3) is 0 Å². The third kappa shape index (κ3) is 2.59. The molecule has 0 heterocycles. The summed E-state index contributed by atoms with van der Waals surface area (Å²) in [6, 6.07) is 10.7. The van der Waals surface area contributed by atoms with E-state index in [0.29, 0.717) is 11.3 Å². The highest BCUT2D eigenvalue weighted by Gasteiger charge is 2.41. The van der Waals surface area contributed by atoms with E-state index in [2.05, 4.69) is 51.1 Å². The van der Waals surface area contributed by atoms with Gasteiger partial charge in [0, 0.05) is 11.8 Å². The van der Waals surface area contributed by atoms with E-state index in [1.807, 2.05) is 6.92 Å². The molecule has 2 heteroatoms. The Morgan fingerprint density at radius 3 is 2.23 bits per heavy atom. The average molecular weight is 346 g/mol. The van der Waals surface area contributed by atoms with Gasteiger partial charge in [-0.05, 0) is 86.4 Å². The first-order chi connectivity index (χ1) is 12.4. The van der Waals surface area contributed by atoms with Crippen LogP contribution in [0.3, 0.4) is 0 Å². The number of aliphatic hydroxyl groups excluding tert-OH is 1. The van der Waals surface area contributed by atoms with E-state index in [-0.39, 0.29) is 17.6 Å². The van der Waals surface area contributed by atoms with Crippen molar-refractivity contribution in [3.8, 4) is 11.1 Å². The lowest BCUT2D eigenvalue weighted by Crippen LogP contribution is -2.21. The zero-order chi connectivity index (χ0) is 18.6. The lowest BCUT2D eigenvalue weighted by atomic mass is 9.81. The summed E-state index contributed by atoms with van der Waals surface area (Å²) in [5, 5.41) is 10.8. The van der Waals surface area contributed by atoms with Gasteiger partial charge in [-0.25, -0.2) is 0 Å². The van der Waals surface area contributed by atoms with Crippen LogP contribution in [0.2, 0.25) is 0 Å². The molecule has 26 heavy (non-hydrogen) atoms. The molecule has 2 bridgehead atoms. The molecular formula is C24H26O2. The molecule has 0 aromatic heterocycles. The van der Waals surface area contributed by atoms with Gasteiger partial charge in [0.05, 0.1) is 5.57 Å². The predicted molar refractivity (Wildman–Crippen MR) is 106 cm³/mol. The van der Waals surface area contributed by atoms with Gasteiger partial charge in [-0.3, -0.25) is 4.79 Å². The third-order valence-electron chi connectivity index (χ3n) is 6.17. The predicted octanol–water partition coefficient (Wildman–Crippen LogP) is 5.86. The molecule has 2 aliphatic carbocycles. The minimum atomic E-state index is 0.0943. The van der Waals surface area contributed by atoms with Gasteiger partial charge in [0.1, 0.15) is 5.76 Å². The van der Waals surface area contributed by atoms with Crippen LogP contribution in [0.5, 0.6) is 0 Å². The van der Waals surface area contributed by atoms with Gasteiger partial charge in [-0.2, -0.15) is 0 Å². The maximum absolute atomic E-state index is 13.0. The number of allylic oxidation sites excluding steroid dienone is 2. The van der Waals surface area contributed by atoms with Gasteiger partial charge in [0.15, 0.2) is 5.78 Å². The maximum atomic E-state index is 13.0. The van der Waals surface area contributed by atoms with Crippen LogP contribution in [0.15, 0.2) is 36.1 Å². The Hall–Kier alpha value is -2.35. The number of fused-ring (bicyclic) bond motifs is 2. The molecule has 134 valence electrons. The van der Waals surface area contributed by atoms with E-state index in [1.165, 1.54) is 22.3 Å². The number of benzene rings is 2. The van der Waals surface area contributed by atoms with E-state index in [1.54, 1.807) is 0 Å². The molecule has 1 N–H and O–H groups in total. The smallest absolute Gasteiger partial charge is 0.169 e. The van der Waals surface area contributed by atoms with Crippen LogP contribution in [0.4, 0.5) is 0 Å². The number of hydrogen-bond donors (Lipinski definition) is 1. The monoisotopic (exact) mass is 346 g/mol. The highest BCUT2D eigenvalue weighted by Crippen LogP contribution is 2.46. The van der Waals surface area contributed by atoms with E-state index >= 15 is 0 Å². The Labute approximate surface area is 155 Å². The van der Waals surface area contributed by atoms with Gasteiger partial charge in [-0.15, -0.1) is 0 Å². The number of carbonyl (C=O) groups excluding carboxylic acids is 1. The van der Waals surface area contributed by atoms with Crippen LogP contribution in [0, 0.1) is 39.5 Å². The molecule has 2 aromatic rings. The normalized spacial score (nSPS) is 22.2. The van der Waals surface area contributed by atoms with Crippen LogP contribution in [-0.4, -0.2) is 10.9 Å². The third-order valence-corrected chi connectivity index (χ3v) is 6.17. The largest absolute Gasteiger partial charge is 0.511 e. The number of hydrogen-bond acceptors (Lipinski definition) is 2. The summed E-state index contributed by atoms with van der Waals surface area (Å²) < 4.78 is 0. The van der Waals surface area contributed by atoms with Crippen LogP contribution in [0.25, 0.3) is 16.7 Å².